The lowest BCUT2D eigenvalue weighted by atomic mass is 9.96. The number of hydrogen-bond donors (Lipinski definition) is 0. The molecule has 1 unspecified atom stereocenters. The molecule has 1 atom stereocenters. The van der Waals surface area contributed by atoms with Gasteiger partial charge in [0.15, 0.2) is 0 Å². The highest BCUT2D eigenvalue weighted by molar-refractivity contribution is 5.48. The first-order valence-electron chi connectivity index (χ1n) is 5.15. The van der Waals surface area contributed by atoms with Crippen molar-refractivity contribution in [3.05, 3.63) is 29.8 Å². The summed E-state index contributed by atoms with van der Waals surface area (Å²) < 4.78 is 31.7. The molecular formula is C13H12F2O. The third-order valence-corrected chi connectivity index (χ3v) is 2.89. The van der Waals surface area contributed by atoms with Crippen LogP contribution in [0.25, 0.3) is 0 Å². The average molecular weight is 222 g/mol. The number of halogens is 2. The van der Waals surface area contributed by atoms with Gasteiger partial charge in [-0.15, -0.1) is 6.42 Å². The van der Waals surface area contributed by atoms with Crippen LogP contribution in [0.15, 0.2) is 24.3 Å². The largest absolute Gasteiger partial charge is 0.494 e. The normalized spacial score (nSPS) is 25.9. The maximum Gasteiger partial charge on any atom is 0.270 e. The molecule has 0 bridgehead atoms. The Morgan fingerprint density at radius 3 is 2.31 bits per heavy atom. The Kier molecular flexibility index (Phi) is 2.38. The molecule has 1 saturated carbocycles. The lowest BCUT2D eigenvalue weighted by Crippen LogP contribution is -2.13. The average Bonchev–Trinajstić information content (AvgIpc) is 2.84. The maximum absolute atomic E-state index is 13.2. The van der Waals surface area contributed by atoms with Gasteiger partial charge in [0.2, 0.25) is 0 Å². The molecule has 0 heterocycles. The summed E-state index contributed by atoms with van der Waals surface area (Å²) in [5, 5.41) is 0. The van der Waals surface area contributed by atoms with Gasteiger partial charge in [-0.05, 0) is 24.6 Å². The smallest absolute Gasteiger partial charge is 0.270 e. The van der Waals surface area contributed by atoms with E-state index in [4.69, 9.17) is 11.2 Å². The van der Waals surface area contributed by atoms with Gasteiger partial charge in [0.25, 0.3) is 5.92 Å². The highest BCUT2D eigenvalue weighted by Gasteiger charge is 2.71. The number of rotatable bonds is 3. The van der Waals surface area contributed by atoms with Crippen LogP contribution in [-0.2, 0) is 5.41 Å². The fourth-order valence-corrected chi connectivity index (χ4v) is 1.84. The first-order valence-corrected chi connectivity index (χ1v) is 5.15. The van der Waals surface area contributed by atoms with E-state index in [9.17, 15) is 8.78 Å². The predicted molar refractivity (Wildman–Crippen MR) is 57.7 cm³/mol. The fraction of sp³-hybridized carbons (Fsp3) is 0.385. The van der Waals surface area contributed by atoms with Crippen LogP contribution >= 0.6 is 0 Å². The Bertz CT molecular complexity index is 430. The number of terminal acetylenes is 1. The molecule has 0 N–H and O–H groups in total. The van der Waals surface area contributed by atoms with Crippen molar-refractivity contribution in [3.63, 3.8) is 0 Å². The molecule has 0 aromatic heterocycles. The standard InChI is InChI=1S/C13H12F2O/c1-3-12(9-13(12,14)15)10-5-7-11(8-6-10)16-4-2/h1,5-8H,4,9H2,2H3. The summed E-state index contributed by atoms with van der Waals surface area (Å²) >= 11 is 0. The molecule has 1 aliphatic rings. The van der Waals surface area contributed by atoms with Crippen LogP contribution in [0.1, 0.15) is 18.9 Å². The molecule has 0 saturated heterocycles. The van der Waals surface area contributed by atoms with Crippen molar-refractivity contribution in [1.82, 2.24) is 0 Å². The Balaban J connectivity index is 2.27. The van der Waals surface area contributed by atoms with Crippen molar-refractivity contribution in [2.45, 2.75) is 24.7 Å². The van der Waals surface area contributed by atoms with Crippen molar-refractivity contribution in [2.24, 2.45) is 0 Å². The minimum absolute atomic E-state index is 0.259. The first-order chi connectivity index (χ1) is 7.55. The first kappa shape index (κ1) is 10.9. The van der Waals surface area contributed by atoms with E-state index in [1.54, 1.807) is 24.3 Å². The summed E-state index contributed by atoms with van der Waals surface area (Å²) in [6.45, 7) is 2.42. The van der Waals surface area contributed by atoms with E-state index in [1.165, 1.54) is 0 Å². The second kappa shape index (κ2) is 3.48. The van der Waals surface area contributed by atoms with E-state index < -0.39 is 11.3 Å². The highest BCUT2D eigenvalue weighted by atomic mass is 19.3. The van der Waals surface area contributed by atoms with Crippen LogP contribution in [0.5, 0.6) is 5.75 Å². The summed E-state index contributed by atoms with van der Waals surface area (Å²) in [4.78, 5) is 0. The molecule has 1 nitrogen and oxygen atoms in total. The zero-order chi connectivity index (χ0) is 11.8. The zero-order valence-corrected chi connectivity index (χ0v) is 8.97. The van der Waals surface area contributed by atoms with Crippen LogP contribution in [0.3, 0.4) is 0 Å². The Morgan fingerprint density at radius 2 is 1.94 bits per heavy atom. The molecule has 1 aromatic rings. The SMILES string of the molecule is C#CC1(c2ccc(OCC)cc2)CC1(F)F. The van der Waals surface area contributed by atoms with Crippen molar-refractivity contribution >= 4 is 0 Å². The molecule has 0 radical (unpaired) electrons. The molecule has 1 aliphatic carbocycles. The lowest BCUT2D eigenvalue weighted by Gasteiger charge is -2.10. The van der Waals surface area contributed by atoms with E-state index in [1.807, 2.05) is 6.92 Å². The highest BCUT2D eigenvalue weighted by Crippen LogP contribution is 2.61. The van der Waals surface area contributed by atoms with Gasteiger partial charge in [0, 0.05) is 6.42 Å². The van der Waals surface area contributed by atoms with Gasteiger partial charge in [-0.1, -0.05) is 18.1 Å². The van der Waals surface area contributed by atoms with Gasteiger partial charge in [-0.25, -0.2) is 8.78 Å². The zero-order valence-electron chi connectivity index (χ0n) is 8.97. The molecule has 84 valence electrons. The van der Waals surface area contributed by atoms with Crippen LogP contribution < -0.4 is 4.74 Å². The monoisotopic (exact) mass is 222 g/mol. The van der Waals surface area contributed by atoms with E-state index >= 15 is 0 Å². The van der Waals surface area contributed by atoms with Gasteiger partial charge < -0.3 is 4.74 Å². The second-order valence-corrected chi connectivity index (χ2v) is 3.89. The summed E-state index contributed by atoms with van der Waals surface area (Å²) in [5.41, 5.74) is -0.902. The quantitative estimate of drug-likeness (QED) is 0.714. The molecule has 1 aromatic carbocycles. The maximum atomic E-state index is 13.2. The molecule has 0 aliphatic heterocycles. The van der Waals surface area contributed by atoms with Crippen LogP contribution in [0.2, 0.25) is 0 Å². The molecule has 1 fully saturated rings. The third-order valence-electron chi connectivity index (χ3n) is 2.89. The van der Waals surface area contributed by atoms with E-state index in [0.29, 0.717) is 17.9 Å². The van der Waals surface area contributed by atoms with Crippen molar-refractivity contribution in [1.29, 1.82) is 0 Å². The molecule has 16 heavy (non-hydrogen) atoms. The molecule has 0 spiro atoms. The Labute approximate surface area is 93.4 Å². The van der Waals surface area contributed by atoms with Crippen LogP contribution in [-0.4, -0.2) is 12.5 Å². The molecular weight excluding hydrogens is 210 g/mol. The minimum atomic E-state index is -2.77. The van der Waals surface area contributed by atoms with Gasteiger partial charge in [0.1, 0.15) is 11.2 Å². The Morgan fingerprint density at radius 1 is 1.38 bits per heavy atom. The summed E-state index contributed by atoms with van der Waals surface area (Å²) in [5.74, 6) is 0.120. The number of alkyl halides is 2. The number of ether oxygens (including phenoxy) is 1. The lowest BCUT2D eigenvalue weighted by molar-refractivity contribution is 0.100. The third kappa shape index (κ3) is 1.46. The number of hydrogen-bond acceptors (Lipinski definition) is 1. The van der Waals surface area contributed by atoms with E-state index in [0.717, 1.165) is 0 Å². The van der Waals surface area contributed by atoms with Crippen LogP contribution in [0, 0.1) is 12.3 Å². The molecule has 0 amide bonds. The van der Waals surface area contributed by atoms with Gasteiger partial charge in [-0.3, -0.25) is 0 Å². The second-order valence-electron chi connectivity index (χ2n) is 3.89. The van der Waals surface area contributed by atoms with Gasteiger partial charge in [0.05, 0.1) is 6.61 Å². The van der Waals surface area contributed by atoms with Gasteiger partial charge in [-0.2, -0.15) is 0 Å². The minimum Gasteiger partial charge on any atom is -0.494 e. The number of benzene rings is 1. The van der Waals surface area contributed by atoms with Crippen molar-refractivity contribution in [3.8, 4) is 18.1 Å². The molecule has 3 heteroatoms. The summed E-state index contributed by atoms with van der Waals surface area (Å²) in [7, 11) is 0. The topological polar surface area (TPSA) is 9.23 Å². The van der Waals surface area contributed by atoms with E-state index in [-0.39, 0.29) is 6.42 Å². The fourth-order valence-electron chi connectivity index (χ4n) is 1.84. The summed E-state index contributed by atoms with van der Waals surface area (Å²) in [6.07, 6.45) is 4.95. The van der Waals surface area contributed by atoms with Crippen LogP contribution in [0.4, 0.5) is 8.78 Å². The van der Waals surface area contributed by atoms with Crippen molar-refractivity contribution in [2.75, 3.05) is 6.61 Å². The van der Waals surface area contributed by atoms with Gasteiger partial charge >= 0.3 is 0 Å². The Hall–Kier alpha value is -1.56. The van der Waals surface area contributed by atoms with Crippen molar-refractivity contribution < 1.29 is 13.5 Å². The van der Waals surface area contributed by atoms with E-state index in [2.05, 4.69) is 5.92 Å². The predicted octanol–water partition coefficient (Wildman–Crippen LogP) is 3.00. The summed E-state index contributed by atoms with van der Waals surface area (Å²) in [6, 6.07) is 6.58. The molecule has 2 rings (SSSR count).